The first-order chi connectivity index (χ1) is 15.9. The highest BCUT2D eigenvalue weighted by atomic mass is 32.1. The molecule has 170 valence electrons. The van der Waals surface area contributed by atoms with Crippen LogP contribution in [0.3, 0.4) is 0 Å². The molecule has 0 aliphatic rings. The highest BCUT2D eigenvalue weighted by Crippen LogP contribution is 2.36. The number of thiophene rings is 1. The van der Waals surface area contributed by atoms with Crippen LogP contribution in [0.5, 0.6) is 5.75 Å². The van der Waals surface area contributed by atoms with E-state index in [4.69, 9.17) is 4.74 Å². The maximum absolute atomic E-state index is 14.3. The van der Waals surface area contributed by atoms with Crippen molar-refractivity contribution in [2.45, 2.75) is 20.3 Å². The average Bonchev–Trinajstić information content (AvgIpc) is 3.44. The molecule has 0 atom stereocenters. The van der Waals surface area contributed by atoms with Crippen LogP contribution in [0.2, 0.25) is 0 Å². The SMILES string of the molecule is COc1ccc(-c2nc(Nc3ncc(-c4cccs4)nc3C(=O)O)sc2CC(C)C)cc1F. The maximum atomic E-state index is 14.3. The zero-order chi connectivity index (χ0) is 23.5. The molecule has 0 amide bonds. The van der Waals surface area contributed by atoms with Crippen LogP contribution in [-0.4, -0.2) is 33.1 Å². The summed E-state index contributed by atoms with van der Waals surface area (Å²) in [5.41, 5.74) is 1.55. The smallest absolute Gasteiger partial charge is 0.358 e. The number of aromatic nitrogens is 3. The Bertz CT molecular complexity index is 1290. The van der Waals surface area contributed by atoms with E-state index in [1.165, 1.54) is 42.0 Å². The van der Waals surface area contributed by atoms with Gasteiger partial charge in [-0.2, -0.15) is 0 Å². The number of methoxy groups -OCH3 is 1. The molecule has 0 spiro atoms. The molecular weight excluding hydrogens is 463 g/mol. The summed E-state index contributed by atoms with van der Waals surface area (Å²) in [6, 6.07) is 8.42. The Balaban J connectivity index is 1.71. The van der Waals surface area contributed by atoms with Gasteiger partial charge in [0.25, 0.3) is 0 Å². The van der Waals surface area contributed by atoms with E-state index < -0.39 is 11.8 Å². The van der Waals surface area contributed by atoms with Gasteiger partial charge in [0.15, 0.2) is 28.2 Å². The maximum Gasteiger partial charge on any atom is 0.358 e. The number of benzene rings is 1. The molecule has 1 aromatic carbocycles. The standard InChI is InChI=1S/C23H21FN4O3S2/c1-12(2)9-18-19(13-6-7-16(31-3)14(24)10-13)27-23(33-18)28-21-20(22(29)30)26-15(11-25-21)17-5-4-8-32-17/h4-8,10-12H,9H2,1-3H3,(H,29,30)(H,25,27,28). The van der Waals surface area contributed by atoms with Crippen molar-refractivity contribution in [2.75, 3.05) is 12.4 Å². The summed E-state index contributed by atoms with van der Waals surface area (Å²) in [6.45, 7) is 4.17. The first kappa shape index (κ1) is 22.8. The van der Waals surface area contributed by atoms with Gasteiger partial charge in [-0.25, -0.2) is 24.1 Å². The minimum atomic E-state index is -1.19. The minimum Gasteiger partial charge on any atom is -0.494 e. The van der Waals surface area contributed by atoms with E-state index in [1.807, 2.05) is 17.5 Å². The summed E-state index contributed by atoms with van der Waals surface area (Å²) in [5, 5.41) is 15.0. The molecule has 0 saturated carbocycles. The van der Waals surface area contributed by atoms with Crippen molar-refractivity contribution in [3.63, 3.8) is 0 Å². The lowest BCUT2D eigenvalue weighted by atomic mass is 10.0. The predicted octanol–water partition coefficient (Wildman–Crippen LogP) is 6.12. The lowest BCUT2D eigenvalue weighted by Gasteiger charge is -2.07. The minimum absolute atomic E-state index is 0.0973. The van der Waals surface area contributed by atoms with Crippen molar-refractivity contribution in [3.05, 3.63) is 58.3 Å². The number of carboxylic acids is 1. The molecule has 2 N–H and O–H groups in total. The molecule has 0 aliphatic carbocycles. The molecule has 0 unspecified atom stereocenters. The topological polar surface area (TPSA) is 97.2 Å². The van der Waals surface area contributed by atoms with Crippen LogP contribution in [-0.2, 0) is 6.42 Å². The molecule has 3 aromatic heterocycles. The Morgan fingerprint density at radius 2 is 2.09 bits per heavy atom. The number of hydrogen-bond acceptors (Lipinski definition) is 8. The van der Waals surface area contributed by atoms with E-state index in [2.05, 4.69) is 34.1 Å². The van der Waals surface area contributed by atoms with E-state index in [1.54, 1.807) is 12.1 Å². The number of halogens is 1. The zero-order valence-corrected chi connectivity index (χ0v) is 19.8. The quantitative estimate of drug-likeness (QED) is 0.311. The third kappa shape index (κ3) is 5.01. The molecule has 10 heteroatoms. The number of nitrogens with one attached hydrogen (secondary N) is 1. The first-order valence-electron chi connectivity index (χ1n) is 10.1. The Hall–Kier alpha value is -3.37. The zero-order valence-electron chi connectivity index (χ0n) is 18.1. The van der Waals surface area contributed by atoms with Gasteiger partial charge in [-0.1, -0.05) is 19.9 Å². The van der Waals surface area contributed by atoms with E-state index in [-0.39, 0.29) is 17.3 Å². The second kappa shape index (κ2) is 9.63. The van der Waals surface area contributed by atoms with Crippen LogP contribution in [0.15, 0.2) is 41.9 Å². The fraction of sp³-hybridized carbons (Fsp3) is 0.217. The van der Waals surface area contributed by atoms with Gasteiger partial charge in [-0.05, 0) is 42.0 Å². The van der Waals surface area contributed by atoms with Crippen LogP contribution in [0, 0.1) is 11.7 Å². The van der Waals surface area contributed by atoms with Crippen molar-refractivity contribution in [1.29, 1.82) is 0 Å². The number of aromatic carboxylic acids is 1. The Morgan fingerprint density at radius 3 is 2.73 bits per heavy atom. The number of hydrogen-bond donors (Lipinski definition) is 2. The molecule has 0 aliphatic heterocycles. The number of ether oxygens (including phenoxy) is 1. The summed E-state index contributed by atoms with van der Waals surface area (Å²) in [7, 11) is 1.41. The molecular formula is C23H21FN4O3S2. The Morgan fingerprint density at radius 1 is 1.27 bits per heavy atom. The normalized spacial score (nSPS) is 11.1. The van der Waals surface area contributed by atoms with Gasteiger partial charge in [0, 0.05) is 10.4 Å². The Labute approximate surface area is 198 Å². The molecule has 3 heterocycles. The lowest BCUT2D eigenvalue weighted by Crippen LogP contribution is -2.08. The molecule has 4 rings (SSSR count). The van der Waals surface area contributed by atoms with Gasteiger partial charge in [0.2, 0.25) is 0 Å². The van der Waals surface area contributed by atoms with E-state index in [0.717, 1.165) is 16.2 Å². The first-order valence-corrected chi connectivity index (χ1v) is 11.8. The molecule has 0 fully saturated rings. The number of carbonyl (C=O) groups is 1. The summed E-state index contributed by atoms with van der Waals surface area (Å²) >= 11 is 2.83. The van der Waals surface area contributed by atoms with Crippen LogP contribution in [0.25, 0.3) is 21.8 Å². The summed E-state index contributed by atoms with van der Waals surface area (Å²) < 4.78 is 19.3. The third-order valence-electron chi connectivity index (χ3n) is 4.69. The van der Waals surface area contributed by atoms with Gasteiger partial charge in [-0.15, -0.1) is 22.7 Å². The largest absolute Gasteiger partial charge is 0.494 e. The number of rotatable bonds is 8. The molecule has 33 heavy (non-hydrogen) atoms. The number of carboxylic acid groups (broad SMARTS) is 1. The van der Waals surface area contributed by atoms with Gasteiger partial charge >= 0.3 is 5.97 Å². The van der Waals surface area contributed by atoms with Crippen molar-refractivity contribution in [1.82, 2.24) is 15.0 Å². The number of nitrogens with zero attached hydrogens (tertiary/aromatic N) is 3. The van der Waals surface area contributed by atoms with Crippen molar-refractivity contribution < 1.29 is 19.0 Å². The highest BCUT2D eigenvalue weighted by Gasteiger charge is 2.20. The fourth-order valence-corrected chi connectivity index (χ4v) is 5.10. The lowest BCUT2D eigenvalue weighted by molar-refractivity contribution is 0.0691. The highest BCUT2D eigenvalue weighted by molar-refractivity contribution is 7.16. The monoisotopic (exact) mass is 484 g/mol. The van der Waals surface area contributed by atoms with Crippen LogP contribution in [0.1, 0.15) is 29.2 Å². The van der Waals surface area contributed by atoms with Crippen LogP contribution >= 0.6 is 22.7 Å². The summed E-state index contributed by atoms with van der Waals surface area (Å²) in [5.74, 6) is -1.07. The molecule has 0 radical (unpaired) electrons. The molecule has 0 bridgehead atoms. The van der Waals surface area contributed by atoms with Crippen molar-refractivity contribution in [3.8, 4) is 27.6 Å². The van der Waals surface area contributed by atoms with E-state index in [0.29, 0.717) is 28.0 Å². The fourth-order valence-electron chi connectivity index (χ4n) is 3.23. The van der Waals surface area contributed by atoms with E-state index >= 15 is 0 Å². The predicted molar refractivity (Wildman–Crippen MR) is 128 cm³/mol. The summed E-state index contributed by atoms with van der Waals surface area (Å²) in [4.78, 5) is 26.9. The van der Waals surface area contributed by atoms with E-state index in [9.17, 15) is 14.3 Å². The third-order valence-corrected chi connectivity index (χ3v) is 6.58. The molecule has 0 saturated heterocycles. The van der Waals surface area contributed by atoms with Gasteiger partial charge < -0.3 is 15.2 Å². The Kier molecular flexibility index (Phi) is 6.66. The summed E-state index contributed by atoms with van der Waals surface area (Å²) in [6.07, 6.45) is 2.26. The second-order valence-electron chi connectivity index (χ2n) is 7.60. The average molecular weight is 485 g/mol. The van der Waals surface area contributed by atoms with Crippen LogP contribution in [0.4, 0.5) is 15.3 Å². The molecule has 7 nitrogen and oxygen atoms in total. The van der Waals surface area contributed by atoms with Gasteiger partial charge in [-0.3, -0.25) is 0 Å². The number of thiazole rings is 1. The van der Waals surface area contributed by atoms with Crippen molar-refractivity contribution in [2.24, 2.45) is 5.92 Å². The van der Waals surface area contributed by atoms with Gasteiger partial charge in [0.1, 0.15) is 0 Å². The van der Waals surface area contributed by atoms with Crippen LogP contribution < -0.4 is 10.1 Å². The number of anilines is 2. The molecule has 4 aromatic rings. The van der Waals surface area contributed by atoms with Gasteiger partial charge in [0.05, 0.1) is 29.6 Å². The second-order valence-corrected chi connectivity index (χ2v) is 9.63. The van der Waals surface area contributed by atoms with Crippen molar-refractivity contribution >= 4 is 39.6 Å².